The molecule has 1 atom stereocenters. The number of nitrogens with two attached hydrogens (primary N) is 1. The minimum Gasteiger partial charge on any atom is -0.369 e. The van der Waals surface area contributed by atoms with Crippen LogP contribution in [0.2, 0.25) is 0 Å². The van der Waals surface area contributed by atoms with Gasteiger partial charge in [-0.1, -0.05) is 13.8 Å². The summed E-state index contributed by atoms with van der Waals surface area (Å²) in [6.45, 7) is 4.14. The molecular weight excluding hydrogens is 194 g/mol. The van der Waals surface area contributed by atoms with Crippen LogP contribution in [0.1, 0.15) is 31.7 Å². The van der Waals surface area contributed by atoms with Crippen molar-refractivity contribution in [1.29, 1.82) is 0 Å². The summed E-state index contributed by atoms with van der Waals surface area (Å²) < 4.78 is 1.23. The topological polar surface area (TPSA) is 89.1 Å². The molecule has 0 aliphatic rings. The molecule has 6 nitrogen and oxygen atoms in total. The smallest absolute Gasteiger partial charge is 0.350 e. The fourth-order valence-electron chi connectivity index (χ4n) is 1.49. The number of nitrogen functional groups attached to an aromatic ring is 1. The average molecular weight is 207 g/mol. The summed E-state index contributed by atoms with van der Waals surface area (Å²) >= 11 is 0. The van der Waals surface area contributed by atoms with Crippen molar-refractivity contribution in [2.24, 2.45) is 0 Å². The number of rotatable bonds is 2. The molecule has 0 amide bonds. The maximum Gasteiger partial charge on any atom is 0.350 e. The van der Waals surface area contributed by atoms with Gasteiger partial charge in [-0.3, -0.25) is 4.98 Å². The Morgan fingerprint density at radius 3 is 3.07 bits per heavy atom. The number of nitrogens with one attached hydrogen (secondary N) is 1. The molecule has 0 bridgehead atoms. The van der Waals surface area contributed by atoms with Gasteiger partial charge in [-0.2, -0.15) is 14.6 Å². The summed E-state index contributed by atoms with van der Waals surface area (Å²) in [4.78, 5) is 17.9. The number of aromatic amines is 1. The van der Waals surface area contributed by atoms with Gasteiger partial charge in [0.1, 0.15) is 0 Å². The van der Waals surface area contributed by atoms with Crippen molar-refractivity contribution in [2.45, 2.75) is 26.2 Å². The van der Waals surface area contributed by atoms with E-state index in [0.717, 1.165) is 12.0 Å². The van der Waals surface area contributed by atoms with Crippen LogP contribution >= 0.6 is 0 Å². The lowest BCUT2D eigenvalue weighted by Crippen LogP contribution is -2.20. The lowest BCUT2D eigenvalue weighted by Gasteiger charge is -2.04. The molecule has 80 valence electrons. The van der Waals surface area contributed by atoms with E-state index in [9.17, 15) is 4.79 Å². The third kappa shape index (κ3) is 1.47. The van der Waals surface area contributed by atoms with E-state index in [4.69, 9.17) is 5.73 Å². The number of fused-ring (bicyclic) bond motifs is 1. The summed E-state index contributed by atoms with van der Waals surface area (Å²) in [5.41, 5.74) is 6.63. The van der Waals surface area contributed by atoms with Crippen molar-refractivity contribution >= 4 is 11.6 Å². The van der Waals surface area contributed by atoms with Gasteiger partial charge in [-0.15, -0.1) is 0 Å². The Morgan fingerprint density at radius 1 is 1.67 bits per heavy atom. The quantitative estimate of drug-likeness (QED) is 0.751. The number of hydrogen-bond donors (Lipinski definition) is 2. The largest absolute Gasteiger partial charge is 0.369 e. The summed E-state index contributed by atoms with van der Waals surface area (Å²) in [6, 6.07) is 0. The molecule has 2 rings (SSSR count). The van der Waals surface area contributed by atoms with E-state index in [-0.39, 0.29) is 11.6 Å². The first kappa shape index (κ1) is 9.70. The van der Waals surface area contributed by atoms with Gasteiger partial charge in [0.15, 0.2) is 5.65 Å². The molecular formula is C9H13N5O. The third-order valence-corrected chi connectivity index (χ3v) is 2.57. The van der Waals surface area contributed by atoms with E-state index in [0.29, 0.717) is 11.6 Å². The molecule has 3 N–H and O–H groups in total. The normalized spacial score (nSPS) is 13.2. The van der Waals surface area contributed by atoms with E-state index < -0.39 is 0 Å². The molecule has 0 radical (unpaired) electrons. The molecule has 15 heavy (non-hydrogen) atoms. The highest BCUT2D eigenvalue weighted by Crippen LogP contribution is 2.21. The van der Waals surface area contributed by atoms with Crippen molar-refractivity contribution < 1.29 is 0 Å². The predicted molar refractivity (Wildman–Crippen MR) is 56.7 cm³/mol. The number of anilines is 1. The molecule has 0 aromatic carbocycles. The average Bonchev–Trinajstić information content (AvgIpc) is 2.60. The van der Waals surface area contributed by atoms with Gasteiger partial charge in [0, 0.05) is 5.56 Å². The van der Waals surface area contributed by atoms with Crippen LogP contribution < -0.4 is 11.4 Å². The molecule has 1 unspecified atom stereocenters. The highest BCUT2D eigenvalue weighted by Gasteiger charge is 2.13. The van der Waals surface area contributed by atoms with Crippen LogP contribution in [0.4, 0.5) is 5.95 Å². The van der Waals surface area contributed by atoms with E-state index in [1.807, 2.05) is 0 Å². The molecule has 0 aliphatic heterocycles. The lowest BCUT2D eigenvalue weighted by molar-refractivity contribution is 0.737. The van der Waals surface area contributed by atoms with Crippen LogP contribution in [0.3, 0.4) is 0 Å². The summed E-state index contributed by atoms with van der Waals surface area (Å²) in [5.74, 6) is 0.439. The van der Waals surface area contributed by atoms with Crippen molar-refractivity contribution in [3.63, 3.8) is 0 Å². The second-order valence-electron chi connectivity index (χ2n) is 3.57. The Hall–Kier alpha value is -1.85. The fraction of sp³-hybridized carbons (Fsp3) is 0.444. The van der Waals surface area contributed by atoms with Crippen LogP contribution in [0, 0.1) is 0 Å². The van der Waals surface area contributed by atoms with Gasteiger partial charge in [0.2, 0.25) is 5.95 Å². The number of hydrogen-bond acceptors (Lipinski definition) is 4. The zero-order chi connectivity index (χ0) is 11.0. The lowest BCUT2D eigenvalue weighted by atomic mass is 10.0. The summed E-state index contributed by atoms with van der Waals surface area (Å²) in [7, 11) is 0. The Bertz CT molecular complexity index is 541. The van der Waals surface area contributed by atoms with Gasteiger partial charge in [-0.25, -0.2) is 4.79 Å². The summed E-state index contributed by atoms with van der Waals surface area (Å²) in [6.07, 6.45) is 2.64. The van der Waals surface area contributed by atoms with E-state index in [1.165, 1.54) is 4.52 Å². The van der Waals surface area contributed by atoms with Crippen LogP contribution in [-0.4, -0.2) is 19.6 Å². The molecule has 0 saturated carbocycles. The maximum absolute atomic E-state index is 11.4. The van der Waals surface area contributed by atoms with Gasteiger partial charge in [-0.05, 0) is 12.3 Å². The minimum atomic E-state index is -0.355. The second kappa shape index (κ2) is 3.38. The van der Waals surface area contributed by atoms with Crippen LogP contribution in [0.15, 0.2) is 11.0 Å². The Balaban J connectivity index is 2.74. The maximum atomic E-state index is 11.4. The molecule has 0 spiro atoms. The van der Waals surface area contributed by atoms with Crippen molar-refractivity contribution in [3.8, 4) is 0 Å². The van der Waals surface area contributed by atoms with Crippen LogP contribution in [-0.2, 0) is 0 Å². The highest BCUT2D eigenvalue weighted by atomic mass is 16.1. The second-order valence-corrected chi connectivity index (χ2v) is 3.57. The highest BCUT2D eigenvalue weighted by molar-refractivity contribution is 5.49. The SMILES string of the molecule is CCC(C)c1cnn2c(=O)[nH]c(N)nc12. The van der Waals surface area contributed by atoms with Gasteiger partial charge >= 0.3 is 5.69 Å². The van der Waals surface area contributed by atoms with Crippen LogP contribution in [0.25, 0.3) is 5.65 Å². The Kier molecular flexibility index (Phi) is 2.18. The monoisotopic (exact) mass is 207 g/mol. The molecule has 6 heteroatoms. The molecule has 0 fully saturated rings. The Labute approximate surface area is 86.1 Å². The predicted octanol–water partition coefficient (Wildman–Crippen LogP) is 0.513. The third-order valence-electron chi connectivity index (χ3n) is 2.57. The first-order valence-corrected chi connectivity index (χ1v) is 4.87. The first-order chi connectivity index (χ1) is 7.13. The molecule has 2 aromatic heterocycles. The zero-order valence-corrected chi connectivity index (χ0v) is 8.69. The zero-order valence-electron chi connectivity index (χ0n) is 8.69. The molecule has 2 aromatic rings. The number of nitrogens with zero attached hydrogens (tertiary/aromatic N) is 3. The van der Waals surface area contributed by atoms with Crippen LogP contribution in [0.5, 0.6) is 0 Å². The first-order valence-electron chi connectivity index (χ1n) is 4.87. The van der Waals surface area contributed by atoms with Gasteiger partial charge < -0.3 is 5.73 Å². The summed E-state index contributed by atoms with van der Waals surface area (Å²) in [5, 5.41) is 3.98. The van der Waals surface area contributed by atoms with Gasteiger partial charge in [0.25, 0.3) is 0 Å². The number of H-pyrrole nitrogens is 1. The van der Waals surface area contributed by atoms with E-state index >= 15 is 0 Å². The van der Waals surface area contributed by atoms with Crippen molar-refractivity contribution in [3.05, 3.63) is 22.2 Å². The molecule has 0 saturated heterocycles. The minimum absolute atomic E-state index is 0.123. The van der Waals surface area contributed by atoms with Crippen molar-refractivity contribution in [2.75, 3.05) is 5.73 Å². The van der Waals surface area contributed by atoms with Gasteiger partial charge in [0.05, 0.1) is 6.20 Å². The Morgan fingerprint density at radius 2 is 2.40 bits per heavy atom. The van der Waals surface area contributed by atoms with Crippen molar-refractivity contribution in [1.82, 2.24) is 19.6 Å². The van der Waals surface area contributed by atoms with E-state index in [1.54, 1.807) is 6.20 Å². The molecule has 0 aliphatic carbocycles. The number of aromatic nitrogens is 4. The molecule has 2 heterocycles. The standard InChI is InChI=1S/C9H13N5O/c1-3-5(2)6-4-11-14-7(6)12-8(10)13-9(14)15/h4-5H,3H2,1-2H3,(H3,10,12,13,15). The fourth-order valence-corrected chi connectivity index (χ4v) is 1.49. The van der Waals surface area contributed by atoms with E-state index in [2.05, 4.69) is 28.9 Å².